The Hall–Kier alpha value is -0.540. The van der Waals surface area contributed by atoms with Gasteiger partial charge in [0.25, 0.3) is 0 Å². The van der Waals surface area contributed by atoms with E-state index in [1.165, 1.54) is 0 Å². The number of hydrogen-bond donors (Lipinski definition) is 2. The zero-order valence-electron chi connectivity index (χ0n) is 6.66. The highest BCUT2D eigenvalue weighted by atomic mass is 16.5. The van der Waals surface area contributed by atoms with Gasteiger partial charge in [-0.3, -0.25) is 0 Å². The number of aliphatic hydroxyl groups excluding tert-OH is 2. The van der Waals surface area contributed by atoms with E-state index in [2.05, 4.69) is 0 Å². The fourth-order valence-electron chi connectivity index (χ4n) is 1.12. The van der Waals surface area contributed by atoms with Gasteiger partial charge >= 0.3 is 0 Å². The van der Waals surface area contributed by atoms with Gasteiger partial charge in [0.2, 0.25) is 0 Å². The van der Waals surface area contributed by atoms with Gasteiger partial charge in [-0.15, -0.1) is 0 Å². The van der Waals surface area contributed by atoms with Crippen LogP contribution < -0.4 is 0 Å². The number of aliphatic hydroxyl groups is 2. The van der Waals surface area contributed by atoms with Crippen LogP contribution >= 0.6 is 0 Å². The van der Waals surface area contributed by atoms with Crippen molar-refractivity contribution in [2.45, 2.75) is 32.0 Å². The van der Waals surface area contributed by atoms with Crippen LogP contribution in [0.4, 0.5) is 0 Å². The van der Waals surface area contributed by atoms with Crippen LogP contribution in [-0.2, 0) is 4.74 Å². The topological polar surface area (TPSA) is 49.7 Å². The smallest absolute Gasteiger partial charge is 0.121 e. The molecule has 0 saturated heterocycles. The molecule has 11 heavy (non-hydrogen) atoms. The Bertz CT molecular complexity index is 153. The molecule has 0 spiro atoms. The zero-order valence-corrected chi connectivity index (χ0v) is 6.66. The highest BCUT2D eigenvalue weighted by Crippen LogP contribution is 2.16. The van der Waals surface area contributed by atoms with Crippen molar-refractivity contribution >= 4 is 0 Å². The fraction of sp³-hybridized carbons (Fsp3) is 0.750. The summed E-state index contributed by atoms with van der Waals surface area (Å²) in [6.45, 7) is 1.73. The van der Waals surface area contributed by atoms with E-state index in [1.54, 1.807) is 6.92 Å². The van der Waals surface area contributed by atoms with Gasteiger partial charge in [0, 0.05) is 0 Å². The Morgan fingerprint density at radius 1 is 1.73 bits per heavy atom. The first kappa shape index (κ1) is 8.56. The molecule has 3 heteroatoms. The minimum Gasteiger partial charge on any atom is -0.490 e. The lowest BCUT2D eigenvalue weighted by Crippen LogP contribution is -2.24. The number of hydrogen-bond acceptors (Lipinski definition) is 3. The predicted molar refractivity (Wildman–Crippen MR) is 41.0 cm³/mol. The maximum atomic E-state index is 9.33. The SMILES string of the molecule is C[C@@H]1OC(CO)=CCC[C@H]1O. The van der Waals surface area contributed by atoms with Crippen LogP contribution in [-0.4, -0.2) is 29.0 Å². The summed E-state index contributed by atoms with van der Waals surface area (Å²) in [5, 5.41) is 18.1. The second-order valence-corrected chi connectivity index (χ2v) is 2.80. The van der Waals surface area contributed by atoms with Crippen molar-refractivity contribution in [3.63, 3.8) is 0 Å². The van der Waals surface area contributed by atoms with Gasteiger partial charge in [0.05, 0.1) is 6.10 Å². The second-order valence-electron chi connectivity index (χ2n) is 2.80. The van der Waals surface area contributed by atoms with Crippen LogP contribution in [0.1, 0.15) is 19.8 Å². The molecule has 0 unspecified atom stereocenters. The highest BCUT2D eigenvalue weighted by Gasteiger charge is 2.18. The Balaban J connectivity index is 2.53. The monoisotopic (exact) mass is 158 g/mol. The van der Waals surface area contributed by atoms with E-state index in [1.807, 2.05) is 6.08 Å². The first-order valence-corrected chi connectivity index (χ1v) is 3.88. The standard InChI is InChI=1S/C8H14O3/c1-6-8(10)4-2-3-7(5-9)11-6/h3,6,8-10H,2,4-5H2,1H3/t6-,8+/m0/s1. The molecule has 3 nitrogen and oxygen atoms in total. The van der Waals surface area contributed by atoms with E-state index in [0.717, 1.165) is 6.42 Å². The van der Waals surface area contributed by atoms with E-state index in [-0.39, 0.29) is 12.7 Å². The minimum absolute atomic E-state index is 0.0724. The van der Waals surface area contributed by atoms with Crippen molar-refractivity contribution in [2.24, 2.45) is 0 Å². The van der Waals surface area contributed by atoms with Gasteiger partial charge in [-0.1, -0.05) is 0 Å². The lowest BCUT2D eigenvalue weighted by Gasteiger charge is -2.17. The molecule has 1 heterocycles. The lowest BCUT2D eigenvalue weighted by atomic mass is 10.1. The normalized spacial score (nSPS) is 32.1. The molecular formula is C8H14O3. The molecule has 2 N–H and O–H groups in total. The number of ether oxygens (including phenoxy) is 1. The summed E-state index contributed by atoms with van der Waals surface area (Å²) in [4.78, 5) is 0. The molecule has 1 rings (SSSR count). The molecule has 0 aromatic rings. The van der Waals surface area contributed by atoms with Crippen LogP contribution in [0.25, 0.3) is 0 Å². The van der Waals surface area contributed by atoms with E-state index in [0.29, 0.717) is 12.2 Å². The maximum Gasteiger partial charge on any atom is 0.121 e. The molecule has 0 bridgehead atoms. The van der Waals surface area contributed by atoms with Gasteiger partial charge in [-0.25, -0.2) is 0 Å². The van der Waals surface area contributed by atoms with Gasteiger partial charge in [0.1, 0.15) is 18.5 Å². The quantitative estimate of drug-likeness (QED) is 0.581. The Kier molecular flexibility index (Phi) is 2.91. The molecule has 64 valence electrons. The second kappa shape index (κ2) is 3.74. The molecule has 0 amide bonds. The Morgan fingerprint density at radius 3 is 3.09 bits per heavy atom. The average molecular weight is 158 g/mol. The number of allylic oxidation sites excluding steroid dienone is 1. The molecular weight excluding hydrogens is 144 g/mol. The number of rotatable bonds is 1. The van der Waals surface area contributed by atoms with Crippen LogP contribution in [0.2, 0.25) is 0 Å². The van der Waals surface area contributed by atoms with Crippen molar-refractivity contribution in [1.82, 2.24) is 0 Å². The Labute approximate surface area is 66.3 Å². The van der Waals surface area contributed by atoms with E-state index in [4.69, 9.17) is 9.84 Å². The zero-order chi connectivity index (χ0) is 8.27. The van der Waals surface area contributed by atoms with E-state index in [9.17, 15) is 5.11 Å². The first-order valence-electron chi connectivity index (χ1n) is 3.88. The summed E-state index contributed by atoms with van der Waals surface area (Å²) >= 11 is 0. The molecule has 0 fully saturated rings. The summed E-state index contributed by atoms with van der Waals surface area (Å²) < 4.78 is 5.23. The third kappa shape index (κ3) is 2.20. The van der Waals surface area contributed by atoms with Crippen molar-refractivity contribution < 1.29 is 14.9 Å². The van der Waals surface area contributed by atoms with Crippen molar-refractivity contribution in [3.8, 4) is 0 Å². The molecule has 1 aliphatic rings. The summed E-state index contributed by atoms with van der Waals surface area (Å²) in [5.74, 6) is 0.578. The molecule has 0 aromatic carbocycles. The van der Waals surface area contributed by atoms with Gasteiger partial charge in [-0.05, 0) is 25.8 Å². The van der Waals surface area contributed by atoms with Crippen LogP contribution in [0.3, 0.4) is 0 Å². The molecule has 0 radical (unpaired) electrons. The maximum absolute atomic E-state index is 9.33. The summed E-state index contributed by atoms with van der Waals surface area (Å²) in [6, 6.07) is 0. The lowest BCUT2D eigenvalue weighted by molar-refractivity contribution is 0.00140. The Morgan fingerprint density at radius 2 is 2.45 bits per heavy atom. The van der Waals surface area contributed by atoms with E-state index >= 15 is 0 Å². The largest absolute Gasteiger partial charge is 0.490 e. The molecule has 2 atom stereocenters. The van der Waals surface area contributed by atoms with Crippen LogP contribution in [0, 0.1) is 0 Å². The summed E-state index contributed by atoms with van der Waals surface area (Å²) in [7, 11) is 0. The third-order valence-electron chi connectivity index (χ3n) is 1.87. The van der Waals surface area contributed by atoms with Crippen LogP contribution in [0.5, 0.6) is 0 Å². The van der Waals surface area contributed by atoms with Crippen molar-refractivity contribution in [2.75, 3.05) is 6.61 Å². The van der Waals surface area contributed by atoms with Gasteiger partial charge in [0.15, 0.2) is 0 Å². The minimum atomic E-state index is -0.407. The molecule has 0 aliphatic carbocycles. The molecule has 1 aliphatic heterocycles. The molecule has 0 aromatic heterocycles. The summed E-state index contributed by atoms with van der Waals surface area (Å²) in [5.41, 5.74) is 0. The van der Waals surface area contributed by atoms with Crippen molar-refractivity contribution in [3.05, 3.63) is 11.8 Å². The average Bonchev–Trinajstić information content (AvgIpc) is 2.15. The van der Waals surface area contributed by atoms with Crippen molar-refractivity contribution in [1.29, 1.82) is 0 Å². The van der Waals surface area contributed by atoms with Gasteiger partial charge in [-0.2, -0.15) is 0 Å². The first-order chi connectivity index (χ1) is 5.24. The molecule has 0 saturated carbocycles. The third-order valence-corrected chi connectivity index (χ3v) is 1.87. The van der Waals surface area contributed by atoms with Gasteiger partial charge < -0.3 is 14.9 Å². The van der Waals surface area contributed by atoms with E-state index < -0.39 is 6.10 Å². The van der Waals surface area contributed by atoms with Crippen LogP contribution in [0.15, 0.2) is 11.8 Å². The summed E-state index contributed by atoms with van der Waals surface area (Å²) in [6.07, 6.45) is 2.71. The fourth-order valence-corrected chi connectivity index (χ4v) is 1.12. The predicted octanol–water partition coefficient (Wildman–Crippen LogP) is 0.422. The highest BCUT2D eigenvalue weighted by molar-refractivity contribution is 4.97.